The summed E-state index contributed by atoms with van der Waals surface area (Å²) < 4.78 is 42.8. The zero-order chi connectivity index (χ0) is 49.9. The van der Waals surface area contributed by atoms with Crippen LogP contribution >= 0.6 is 46.0 Å². The van der Waals surface area contributed by atoms with Gasteiger partial charge in [0.1, 0.15) is 24.5 Å². The molecule has 0 fully saturated rings. The van der Waals surface area contributed by atoms with E-state index in [0.717, 1.165) is 74.4 Å². The molecule has 0 saturated carbocycles. The first-order valence-electron chi connectivity index (χ1n) is 24.0. The van der Waals surface area contributed by atoms with Crippen LogP contribution in [-0.4, -0.2) is 114 Å². The molecular weight excluding hydrogens is 1120 g/mol. The zero-order valence-corrected chi connectivity index (χ0v) is 49.4. The van der Waals surface area contributed by atoms with Crippen LogP contribution in [0.4, 0.5) is 0 Å². The van der Waals surface area contributed by atoms with E-state index >= 15 is 0 Å². The Balaban J connectivity index is 0.000000551. The number of hydrogen-bond acceptors (Lipinski definition) is 14. The molecule has 0 radical (unpaired) electrons. The molecule has 0 saturated heterocycles. The second kappa shape index (κ2) is 29.4. The molecule has 0 aromatic carbocycles. The Labute approximate surface area is 442 Å². The molecule has 2 aromatic heterocycles. The van der Waals surface area contributed by atoms with Crippen molar-refractivity contribution in [3.8, 4) is 11.8 Å². The fraction of sp³-hybridized carbons (Fsp3) is 0.776. The highest BCUT2D eigenvalue weighted by atomic mass is 127. The van der Waals surface area contributed by atoms with Gasteiger partial charge in [-0.05, 0) is 60.8 Å². The van der Waals surface area contributed by atoms with E-state index in [4.69, 9.17) is 18.9 Å². The summed E-state index contributed by atoms with van der Waals surface area (Å²) >= 11 is 4.60. The summed E-state index contributed by atoms with van der Waals surface area (Å²) in [6.07, 6.45) is 15.8. The lowest BCUT2D eigenvalue weighted by molar-refractivity contribution is -0.944. The molecular formula is C49H84I2N6O8S2. The number of halogens is 2. The summed E-state index contributed by atoms with van der Waals surface area (Å²) in [5.41, 5.74) is 2.27. The number of carbonyl (C=O) groups excluding carboxylic acids is 3. The van der Waals surface area contributed by atoms with Gasteiger partial charge in [-0.15, -0.1) is 8.75 Å². The molecule has 2 aliphatic heterocycles. The predicted molar refractivity (Wildman–Crippen MR) is 273 cm³/mol. The second-order valence-electron chi connectivity index (χ2n) is 21.1. The molecule has 0 amide bonds. The third kappa shape index (κ3) is 21.5. The average Bonchev–Trinajstić information content (AvgIpc) is 3.90. The van der Waals surface area contributed by atoms with Gasteiger partial charge in [0.2, 0.25) is 12.5 Å². The normalized spacial score (nSPS) is 19.9. The van der Waals surface area contributed by atoms with Crippen LogP contribution in [0, 0.1) is 16.2 Å². The Morgan fingerprint density at radius 1 is 0.672 bits per heavy atom. The van der Waals surface area contributed by atoms with Crippen molar-refractivity contribution in [2.24, 2.45) is 16.2 Å². The lowest BCUT2D eigenvalue weighted by Crippen LogP contribution is -3.00. The third-order valence-electron chi connectivity index (χ3n) is 12.0. The van der Waals surface area contributed by atoms with Gasteiger partial charge in [-0.3, -0.25) is 18.6 Å². The number of aromatic nitrogens is 4. The van der Waals surface area contributed by atoms with E-state index in [2.05, 4.69) is 80.2 Å². The largest absolute Gasteiger partial charge is 1.00 e. The Morgan fingerprint density at radius 3 is 1.34 bits per heavy atom. The SMILES string of the molecule is CC(I)CC(C)(C)C(=O)[O-].CCCCCCOc1nsnc1C1=CCC[N+](C)(C(C)OC(=O)C(C)(C)C)C1.CCCCCCOc1nsnc1C1=CCC[N+](C)(C(C)OC(=O)C(C)(C)C)C1.[I-]. The van der Waals surface area contributed by atoms with E-state index < -0.39 is 22.2 Å². The van der Waals surface area contributed by atoms with Gasteiger partial charge in [0, 0.05) is 53.1 Å². The Bertz CT molecular complexity index is 1760. The number of unbranched alkanes of at least 4 members (excludes halogenated alkanes) is 6. The number of rotatable bonds is 21. The molecule has 0 bridgehead atoms. The van der Waals surface area contributed by atoms with E-state index in [1.165, 1.54) is 62.0 Å². The molecule has 5 unspecified atom stereocenters. The molecule has 384 valence electrons. The number of carboxylic acids is 1. The van der Waals surface area contributed by atoms with Gasteiger partial charge in [0.05, 0.1) is 74.7 Å². The standard InChI is InChI=1S/2C21H36N3O3S.C7H13IO2.HI/c2*1-7-8-9-10-14-26-19-18(22-28-23-19)17-12-11-13-24(6,15-17)16(2)27-20(25)21(3,4)5;1-5(8)4-7(2,3)6(9)10;/h2*12,16H,7-11,13-15H2,1-6H3;5H,4H2,1-3H3,(H,9,10);1H/q2*+1;;/p-2. The van der Waals surface area contributed by atoms with Crippen molar-refractivity contribution in [3.63, 3.8) is 0 Å². The maximum atomic E-state index is 12.3. The number of alkyl halides is 1. The number of nitrogens with zero attached hydrogens (tertiary/aromatic N) is 6. The first-order valence-corrected chi connectivity index (χ1v) is 26.7. The lowest BCUT2D eigenvalue weighted by atomic mass is 9.88. The van der Waals surface area contributed by atoms with Crippen LogP contribution in [0.1, 0.15) is 172 Å². The number of quaternary nitrogens is 2. The first kappa shape index (κ1) is 63.0. The highest BCUT2D eigenvalue weighted by Crippen LogP contribution is 2.34. The minimum absolute atomic E-state index is 0. The Morgan fingerprint density at radius 2 is 1.04 bits per heavy atom. The molecule has 2 aromatic rings. The van der Waals surface area contributed by atoms with E-state index in [9.17, 15) is 19.5 Å². The van der Waals surface area contributed by atoms with Gasteiger partial charge in [0.25, 0.3) is 11.8 Å². The number of likely N-dealkylation sites (N-methyl/N-ethyl adjacent to an activating group) is 2. The monoisotopic (exact) mass is 1200 g/mol. The number of carboxylic acid groups (broad SMARTS) is 1. The fourth-order valence-electron chi connectivity index (χ4n) is 7.14. The van der Waals surface area contributed by atoms with Gasteiger partial charge in [-0.25, -0.2) is 0 Å². The first-order chi connectivity index (χ1) is 30.7. The highest BCUT2D eigenvalue weighted by Gasteiger charge is 2.40. The van der Waals surface area contributed by atoms with Crippen molar-refractivity contribution in [1.82, 2.24) is 17.5 Å². The summed E-state index contributed by atoms with van der Waals surface area (Å²) in [7, 11) is 4.28. The predicted octanol–water partition coefficient (Wildman–Crippen LogP) is 7.31. The lowest BCUT2D eigenvalue weighted by Gasteiger charge is -2.41. The average molecular weight is 1200 g/mol. The molecule has 0 aliphatic carbocycles. The van der Waals surface area contributed by atoms with Crippen LogP contribution < -0.4 is 38.6 Å². The van der Waals surface area contributed by atoms with Crippen LogP contribution in [0.15, 0.2) is 12.2 Å². The van der Waals surface area contributed by atoms with Crippen LogP contribution in [0.5, 0.6) is 11.8 Å². The maximum Gasteiger partial charge on any atom is 0.315 e. The minimum Gasteiger partial charge on any atom is -1.00 e. The van der Waals surface area contributed by atoms with Crippen LogP contribution in [-0.2, 0) is 23.9 Å². The molecule has 2 aliphatic rings. The molecule has 0 spiro atoms. The van der Waals surface area contributed by atoms with E-state index in [1.807, 2.05) is 62.3 Å². The van der Waals surface area contributed by atoms with E-state index in [0.29, 0.717) is 44.3 Å². The summed E-state index contributed by atoms with van der Waals surface area (Å²) in [6.45, 7) is 29.7. The van der Waals surface area contributed by atoms with Crippen molar-refractivity contribution >= 4 is 75.1 Å². The summed E-state index contributed by atoms with van der Waals surface area (Å²) in [4.78, 5) is 35.1. The Hall–Kier alpha value is -2.01. The van der Waals surface area contributed by atoms with Crippen LogP contribution in [0.2, 0.25) is 0 Å². The summed E-state index contributed by atoms with van der Waals surface area (Å²) in [5.74, 6) is -0.0131. The number of aliphatic carboxylic acids is 1. The van der Waals surface area contributed by atoms with E-state index in [1.54, 1.807) is 13.8 Å². The zero-order valence-electron chi connectivity index (χ0n) is 43.4. The summed E-state index contributed by atoms with van der Waals surface area (Å²) in [5, 5.41) is 10.4. The number of ether oxygens (including phenoxy) is 4. The molecule has 67 heavy (non-hydrogen) atoms. The van der Waals surface area contributed by atoms with Gasteiger partial charge >= 0.3 is 11.9 Å². The van der Waals surface area contributed by atoms with Crippen LogP contribution in [0.3, 0.4) is 0 Å². The molecule has 5 atom stereocenters. The fourth-order valence-corrected chi connectivity index (χ4v) is 9.30. The van der Waals surface area contributed by atoms with E-state index in [-0.39, 0.29) is 48.4 Å². The quantitative estimate of drug-likeness (QED) is 0.0404. The molecule has 14 nitrogen and oxygen atoms in total. The molecule has 0 N–H and O–H groups in total. The molecule has 18 heteroatoms. The number of hydrogen-bond donors (Lipinski definition) is 0. The van der Waals surface area contributed by atoms with Crippen molar-refractivity contribution in [2.75, 3.05) is 53.5 Å². The summed E-state index contributed by atoms with van der Waals surface area (Å²) in [6, 6.07) is 0. The van der Waals surface area contributed by atoms with Crippen molar-refractivity contribution < 1.29 is 71.4 Å². The van der Waals surface area contributed by atoms with Gasteiger partial charge < -0.3 is 52.8 Å². The number of carbonyl (C=O) groups is 3. The minimum atomic E-state index is -0.962. The van der Waals surface area contributed by atoms with Gasteiger partial charge in [0.15, 0.2) is 0 Å². The van der Waals surface area contributed by atoms with Gasteiger partial charge in [-0.2, -0.15) is 8.75 Å². The highest BCUT2D eigenvalue weighted by molar-refractivity contribution is 14.1. The topological polar surface area (TPSA) is 163 Å². The van der Waals surface area contributed by atoms with Gasteiger partial charge in [-0.1, -0.05) is 108 Å². The third-order valence-corrected chi connectivity index (χ3v) is 13.5. The van der Waals surface area contributed by atoms with Crippen LogP contribution in [0.25, 0.3) is 11.1 Å². The molecule has 4 rings (SSSR count). The Kier molecular flexibility index (Phi) is 27.6. The van der Waals surface area contributed by atoms with Crippen molar-refractivity contribution in [1.29, 1.82) is 0 Å². The number of esters is 2. The second-order valence-corrected chi connectivity index (χ2v) is 24.3. The van der Waals surface area contributed by atoms with Crippen molar-refractivity contribution in [3.05, 3.63) is 23.5 Å². The smallest absolute Gasteiger partial charge is 0.315 e. The maximum absolute atomic E-state index is 12.3. The van der Waals surface area contributed by atoms with Crippen molar-refractivity contribution in [2.45, 2.75) is 177 Å². The molecule has 4 heterocycles.